The highest BCUT2D eigenvalue weighted by Crippen LogP contribution is 2.29. The second-order valence-electron chi connectivity index (χ2n) is 4.39. The van der Waals surface area contributed by atoms with E-state index in [1.165, 1.54) is 19.3 Å². The molecule has 3 heteroatoms. The minimum absolute atomic E-state index is 0.668. The molecule has 0 heterocycles. The van der Waals surface area contributed by atoms with E-state index in [1.54, 1.807) is 7.11 Å². The first-order valence-corrected chi connectivity index (χ1v) is 6.14. The van der Waals surface area contributed by atoms with Crippen molar-refractivity contribution in [1.82, 2.24) is 5.32 Å². The third-order valence-corrected chi connectivity index (χ3v) is 3.21. The smallest absolute Gasteiger partial charge is 0.0591 e. The number of nitrogens with one attached hydrogen (secondary N) is 1. The number of hydrogen-bond donors (Lipinski definition) is 1. The number of methoxy groups -OCH3 is 1. The van der Waals surface area contributed by atoms with Crippen molar-refractivity contribution < 1.29 is 9.47 Å². The van der Waals surface area contributed by atoms with Crippen LogP contribution in [-0.2, 0) is 9.47 Å². The monoisotopic (exact) mass is 215 g/mol. The van der Waals surface area contributed by atoms with Crippen molar-refractivity contribution in [2.75, 3.05) is 33.5 Å². The zero-order valence-electron chi connectivity index (χ0n) is 10.1. The van der Waals surface area contributed by atoms with Gasteiger partial charge in [-0.05, 0) is 32.1 Å². The first-order valence-electron chi connectivity index (χ1n) is 6.14. The van der Waals surface area contributed by atoms with E-state index in [1.807, 2.05) is 0 Å². The summed E-state index contributed by atoms with van der Waals surface area (Å²) in [6.07, 6.45) is 5.23. The zero-order valence-corrected chi connectivity index (χ0v) is 10.1. The Balaban J connectivity index is 1.79. The van der Waals surface area contributed by atoms with Gasteiger partial charge in [0.1, 0.15) is 0 Å². The van der Waals surface area contributed by atoms with Crippen LogP contribution in [0, 0.1) is 5.92 Å². The van der Waals surface area contributed by atoms with Crippen LogP contribution in [0.25, 0.3) is 0 Å². The summed E-state index contributed by atoms with van der Waals surface area (Å²) in [7, 11) is 1.72. The lowest BCUT2D eigenvalue weighted by Crippen LogP contribution is -2.38. The molecule has 0 spiro atoms. The van der Waals surface area contributed by atoms with Gasteiger partial charge in [0.15, 0.2) is 0 Å². The molecule has 1 fully saturated rings. The van der Waals surface area contributed by atoms with Gasteiger partial charge in [-0.25, -0.2) is 0 Å². The summed E-state index contributed by atoms with van der Waals surface area (Å²) in [6, 6.07) is 0.668. The predicted molar refractivity (Wildman–Crippen MR) is 62.1 cm³/mol. The van der Waals surface area contributed by atoms with Crippen LogP contribution in [0.4, 0.5) is 0 Å². The van der Waals surface area contributed by atoms with Gasteiger partial charge in [-0.3, -0.25) is 0 Å². The Morgan fingerprint density at radius 2 is 2.07 bits per heavy atom. The van der Waals surface area contributed by atoms with E-state index < -0.39 is 0 Å². The predicted octanol–water partition coefficient (Wildman–Crippen LogP) is 1.82. The molecule has 1 aliphatic rings. The molecule has 0 aromatic carbocycles. The minimum atomic E-state index is 0.668. The summed E-state index contributed by atoms with van der Waals surface area (Å²) in [5.41, 5.74) is 0. The van der Waals surface area contributed by atoms with E-state index in [9.17, 15) is 0 Å². The van der Waals surface area contributed by atoms with Gasteiger partial charge in [0, 0.05) is 32.9 Å². The third kappa shape index (κ3) is 5.50. The second-order valence-corrected chi connectivity index (χ2v) is 4.39. The number of hydrogen-bond acceptors (Lipinski definition) is 3. The Kier molecular flexibility index (Phi) is 6.98. The third-order valence-electron chi connectivity index (χ3n) is 3.21. The molecule has 0 aromatic heterocycles. The minimum Gasteiger partial charge on any atom is -0.385 e. The van der Waals surface area contributed by atoms with Crippen molar-refractivity contribution >= 4 is 0 Å². The lowest BCUT2D eigenvalue weighted by Gasteiger charge is -2.32. The van der Waals surface area contributed by atoms with Gasteiger partial charge in [0.25, 0.3) is 0 Å². The van der Waals surface area contributed by atoms with Crippen LogP contribution < -0.4 is 5.32 Å². The molecule has 0 bridgehead atoms. The van der Waals surface area contributed by atoms with Crippen LogP contribution in [0.15, 0.2) is 0 Å². The summed E-state index contributed by atoms with van der Waals surface area (Å²) in [4.78, 5) is 0. The molecule has 1 atom stereocenters. The second kappa shape index (κ2) is 8.08. The van der Waals surface area contributed by atoms with Gasteiger partial charge in [-0.15, -0.1) is 0 Å². The lowest BCUT2D eigenvalue weighted by molar-refractivity contribution is 0.100. The SMILES string of the molecule is COCCCOCCNC(C)C1CCC1. The van der Waals surface area contributed by atoms with E-state index in [4.69, 9.17) is 9.47 Å². The van der Waals surface area contributed by atoms with Crippen LogP contribution in [-0.4, -0.2) is 39.5 Å². The number of ether oxygens (including phenoxy) is 2. The first-order chi connectivity index (χ1) is 7.34. The summed E-state index contributed by atoms with van der Waals surface area (Å²) in [6.45, 7) is 5.69. The molecule has 0 aliphatic heterocycles. The van der Waals surface area contributed by atoms with Gasteiger partial charge < -0.3 is 14.8 Å². The molecule has 15 heavy (non-hydrogen) atoms. The van der Waals surface area contributed by atoms with Gasteiger partial charge in [0.2, 0.25) is 0 Å². The Morgan fingerprint density at radius 1 is 1.27 bits per heavy atom. The summed E-state index contributed by atoms with van der Waals surface area (Å²) >= 11 is 0. The highest BCUT2D eigenvalue weighted by Gasteiger charge is 2.22. The van der Waals surface area contributed by atoms with Crippen molar-refractivity contribution in [3.05, 3.63) is 0 Å². The van der Waals surface area contributed by atoms with Gasteiger partial charge >= 0.3 is 0 Å². The van der Waals surface area contributed by atoms with Crippen LogP contribution in [0.5, 0.6) is 0 Å². The fourth-order valence-corrected chi connectivity index (χ4v) is 1.87. The summed E-state index contributed by atoms with van der Waals surface area (Å²) in [5, 5.41) is 3.52. The molecular formula is C12H25NO2. The standard InChI is InChI=1S/C12H25NO2/c1-11(12-5-3-6-12)13-7-10-15-9-4-8-14-2/h11-13H,3-10H2,1-2H3. The first kappa shape index (κ1) is 12.9. The molecule has 1 saturated carbocycles. The molecule has 1 aliphatic carbocycles. The van der Waals surface area contributed by atoms with E-state index >= 15 is 0 Å². The van der Waals surface area contributed by atoms with Crippen molar-refractivity contribution in [2.24, 2.45) is 5.92 Å². The number of rotatable bonds is 9. The van der Waals surface area contributed by atoms with Crippen molar-refractivity contribution in [3.8, 4) is 0 Å². The highest BCUT2D eigenvalue weighted by atomic mass is 16.5. The zero-order chi connectivity index (χ0) is 10.9. The lowest BCUT2D eigenvalue weighted by atomic mass is 9.80. The topological polar surface area (TPSA) is 30.5 Å². The van der Waals surface area contributed by atoms with Crippen LogP contribution in [0.2, 0.25) is 0 Å². The summed E-state index contributed by atoms with van der Waals surface area (Å²) < 4.78 is 10.4. The fraction of sp³-hybridized carbons (Fsp3) is 1.00. The average Bonchev–Trinajstić information content (AvgIpc) is 2.14. The molecule has 1 N–H and O–H groups in total. The quantitative estimate of drug-likeness (QED) is 0.595. The Morgan fingerprint density at radius 3 is 2.67 bits per heavy atom. The molecule has 0 amide bonds. The Labute approximate surface area is 93.5 Å². The van der Waals surface area contributed by atoms with Crippen LogP contribution >= 0.6 is 0 Å². The summed E-state index contributed by atoms with van der Waals surface area (Å²) in [5.74, 6) is 0.915. The van der Waals surface area contributed by atoms with Gasteiger partial charge in [0.05, 0.1) is 6.61 Å². The van der Waals surface area contributed by atoms with E-state index in [2.05, 4.69) is 12.2 Å². The molecular weight excluding hydrogens is 190 g/mol. The van der Waals surface area contributed by atoms with Crippen molar-refractivity contribution in [1.29, 1.82) is 0 Å². The van der Waals surface area contributed by atoms with E-state index in [0.717, 1.165) is 38.7 Å². The van der Waals surface area contributed by atoms with E-state index in [0.29, 0.717) is 6.04 Å². The average molecular weight is 215 g/mol. The van der Waals surface area contributed by atoms with Crippen LogP contribution in [0.1, 0.15) is 32.6 Å². The largest absolute Gasteiger partial charge is 0.385 e. The van der Waals surface area contributed by atoms with Gasteiger partial charge in [-0.2, -0.15) is 0 Å². The van der Waals surface area contributed by atoms with E-state index in [-0.39, 0.29) is 0 Å². The molecule has 3 nitrogen and oxygen atoms in total. The fourth-order valence-electron chi connectivity index (χ4n) is 1.87. The van der Waals surface area contributed by atoms with Crippen molar-refractivity contribution in [2.45, 2.75) is 38.6 Å². The maximum Gasteiger partial charge on any atom is 0.0591 e. The maximum absolute atomic E-state index is 5.48. The van der Waals surface area contributed by atoms with Crippen LogP contribution in [0.3, 0.4) is 0 Å². The maximum atomic E-state index is 5.48. The Bertz CT molecular complexity index is 149. The highest BCUT2D eigenvalue weighted by molar-refractivity contribution is 4.79. The Hall–Kier alpha value is -0.120. The molecule has 0 aromatic rings. The molecule has 1 unspecified atom stereocenters. The normalized spacial score (nSPS) is 18.8. The van der Waals surface area contributed by atoms with Gasteiger partial charge in [-0.1, -0.05) is 6.42 Å². The molecule has 0 saturated heterocycles. The molecule has 0 radical (unpaired) electrons. The van der Waals surface area contributed by atoms with Crippen molar-refractivity contribution in [3.63, 3.8) is 0 Å². The molecule has 90 valence electrons. The molecule has 1 rings (SSSR count).